The third-order valence-corrected chi connectivity index (χ3v) is 3.67. The van der Waals surface area contributed by atoms with Crippen molar-refractivity contribution in [3.8, 4) is 0 Å². The van der Waals surface area contributed by atoms with Gasteiger partial charge in [-0.25, -0.2) is 9.97 Å². The Morgan fingerprint density at radius 3 is 2.60 bits per heavy atom. The maximum absolute atomic E-state index is 4.31. The topological polar surface area (TPSA) is 49.8 Å². The van der Waals surface area contributed by atoms with Crippen molar-refractivity contribution >= 4 is 33.3 Å². The summed E-state index contributed by atoms with van der Waals surface area (Å²) in [5, 5.41) is 6.59. The van der Waals surface area contributed by atoms with Gasteiger partial charge in [0.05, 0.1) is 0 Å². The van der Waals surface area contributed by atoms with Gasteiger partial charge in [-0.05, 0) is 40.9 Å². The fraction of sp³-hybridized carbons (Fsp3) is 0.333. The van der Waals surface area contributed by atoms with Gasteiger partial charge in [0, 0.05) is 12.2 Å². The first-order valence-corrected chi connectivity index (χ1v) is 7.64. The molecule has 0 radical (unpaired) electrons. The predicted octanol–water partition coefficient (Wildman–Crippen LogP) is 4.37. The molecule has 1 aromatic carbocycles. The monoisotopic (exact) mass is 334 g/mol. The van der Waals surface area contributed by atoms with Gasteiger partial charge >= 0.3 is 0 Å². The van der Waals surface area contributed by atoms with Gasteiger partial charge in [0.25, 0.3) is 0 Å². The van der Waals surface area contributed by atoms with Crippen LogP contribution in [0.1, 0.15) is 25.8 Å². The van der Waals surface area contributed by atoms with E-state index in [2.05, 4.69) is 61.7 Å². The molecule has 5 heteroatoms. The van der Waals surface area contributed by atoms with Crippen molar-refractivity contribution in [2.24, 2.45) is 0 Å². The van der Waals surface area contributed by atoms with Crippen LogP contribution < -0.4 is 10.6 Å². The zero-order valence-electron chi connectivity index (χ0n) is 11.8. The molecule has 0 spiro atoms. The van der Waals surface area contributed by atoms with Crippen molar-refractivity contribution in [2.75, 3.05) is 17.2 Å². The summed E-state index contributed by atoms with van der Waals surface area (Å²) in [6.45, 7) is 5.04. The second kappa shape index (κ2) is 7.24. The number of hydrogen-bond acceptors (Lipinski definition) is 4. The van der Waals surface area contributed by atoms with Crippen LogP contribution in [0.2, 0.25) is 0 Å². The second-order valence-electron chi connectivity index (χ2n) is 4.45. The van der Waals surface area contributed by atoms with Crippen LogP contribution in [0.4, 0.5) is 17.3 Å². The fourth-order valence-electron chi connectivity index (χ4n) is 2.00. The minimum atomic E-state index is 0.777. The molecule has 0 fully saturated rings. The molecule has 2 rings (SSSR count). The summed E-state index contributed by atoms with van der Waals surface area (Å²) in [5.74, 6) is 1.58. The Kier molecular flexibility index (Phi) is 5.35. The van der Waals surface area contributed by atoms with Crippen molar-refractivity contribution < 1.29 is 0 Å². The number of hydrogen-bond donors (Lipinski definition) is 2. The molecule has 20 heavy (non-hydrogen) atoms. The first kappa shape index (κ1) is 14.8. The maximum atomic E-state index is 4.31. The largest absolute Gasteiger partial charge is 0.369 e. The van der Waals surface area contributed by atoms with E-state index in [0.29, 0.717) is 0 Å². The molecule has 2 aromatic rings. The molecule has 1 aromatic heterocycles. The van der Waals surface area contributed by atoms with Crippen LogP contribution in [0, 0.1) is 0 Å². The molecule has 0 aliphatic carbocycles. The van der Waals surface area contributed by atoms with Crippen LogP contribution >= 0.6 is 15.9 Å². The first-order chi connectivity index (χ1) is 9.76. The van der Waals surface area contributed by atoms with E-state index >= 15 is 0 Å². The highest BCUT2D eigenvalue weighted by atomic mass is 79.9. The first-order valence-electron chi connectivity index (χ1n) is 6.85. The molecule has 0 aliphatic heterocycles. The Morgan fingerprint density at radius 1 is 1.10 bits per heavy atom. The predicted molar refractivity (Wildman–Crippen MR) is 87.6 cm³/mol. The Hall–Kier alpha value is -1.62. The minimum absolute atomic E-state index is 0.777. The summed E-state index contributed by atoms with van der Waals surface area (Å²) in [5.41, 5.74) is 2.39. The normalized spacial score (nSPS) is 10.3. The Morgan fingerprint density at radius 2 is 1.85 bits per heavy atom. The van der Waals surface area contributed by atoms with E-state index in [0.717, 1.165) is 41.2 Å². The fourth-order valence-corrected chi connectivity index (χ4v) is 2.45. The van der Waals surface area contributed by atoms with E-state index in [4.69, 9.17) is 0 Å². The average molecular weight is 335 g/mol. The van der Waals surface area contributed by atoms with Crippen LogP contribution in [0.3, 0.4) is 0 Å². The highest BCUT2D eigenvalue weighted by Gasteiger charge is 2.09. The summed E-state index contributed by atoms with van der Waals surface area (Å²) in [6.07, 6.45) is 3.73. The lowest BCUT2D eigenvalue weighted by Crippen LogP contribution is -2.04. The third kappa shape index (κ3) is 3.48. The minimum Gasteiger partial charge on any atom is -0.369 e. The molecule has 0 saturated heterocycles. The zero-order chi connectivity index (χ0) is 14.4. The Balaban J connectivity index is 2.28. The average Bonchev–Trinajstić information content (AvgIpc) is 2.46. The smallest absolute Gasteiger partial charge is 0.150 e. The standard InChI is InChI=1S/C15H19BrN4/c1-3-7-11-8-5-6-9-12(11)20-15-13(16)14(17-4-2)18-10-19-15/h5-6,8-10H,3-4,7H2,1-2H3,(H2,17,18,19,20). The van der Waals surface area contributed by atoms with Gasteiger partial charge < -0.3 is 10.6 Å². The highest BCUT2D eigenvalue weighted by molar-refractivity contribution is 9.10. The molecule has 1 heterocycles. The van der Waals surface area contributed by atoms with E-state index in [-0.39, 0.29) is 0 Å². The Bertz CT molecular complexity index is 572. The number of aromatic nitrogens is 2. The van der Waals surface area contributed by atoms with E-state index < -0.39 is 0 Å². The van der Waals surface area contributed by atoms with Gasteiger partial charge in [-0.3, -0.25) is 0 Å². The second-order valence-corrected chi connectivity index (χ2v) is 5.24. The number of nitrogens with zero attached hydrogens (tertiary/aromatic N) is 2. The number of rotatable bonds is 6. The number of halogens is 1. The molecule has 0 aliphatic rings. The van der Waals surface area contributed by atoms with Gasteiger partial charge in [0.1, 0.15) is 22.4 Å². The van der Waals surface area contributed by atoms with Crippen LogP contribution in [-0.4, -0.2) is 16.5 Å². The molecule has 4 nitrogen and oxygen atoms in total. The molecule has 106 valence electrons. The van der Waals surface area contributed by atoms with Crippen molar-refractivity contribution in [2.45, 2.75) is 26.7 Å². The van der Waals surface area contributed by atoms with Gasteiger partial charge in [0.2, 0.25) is 0 Å². The lowest BCUT2D eigenvalue weighted by molar-refractivity contribution is 0.923. The lowest BCUT2D eigenvalue weighted by Gasteiger charge is -2.13. The maximum Gasteiger partial charge on any atom is 0.150 e. The van der Waals surface area contributed by atoms with Crippen molar-refractivity contribution in [3.63, 3.8) is 0 Å². The third-order valence-electron chi connectivity index (χ3n) is 2.92. The SMILES string of the molecule is CCCc1ccccc1Nc1ncnc(NCC)c1Br. The van der Waals surface area contributed by atoms with E-state index in [9.17, 15) is 0 Å². The molecule has 0 saturated carbocycles. The molecule has 0 amide bonds. The van der Waals surface area contributed by atoms with Crippen LogP contribution in [0.15, 0.2) is 35.1 Å². The summed E-state index contributed by atoms with van der Waals surface area (Å²) in [6, 6.07) is 8.32. The van der Waals surface area contributed by atoms with Crippen molar-refractivity contribution in [1.82, 2.24) is 9.97 Å². The molecule has 0 atom stereocenters. The highest BCUT2D eigenvalue weighted by Crippen LogP contribution is 2.30. The summed E-state index contributed by atoms with van der Waals surface area (Å²) < 4.78 is 0.855. The van der Waals surface area contributed by atoms with Crippen LogP contribution in [0.5, 0.6) is 0 Å². The zero-order valence-corrected chi connectivity index (χ0v) is 13.4. The van der Waals surface area contributed by atoms with E-state index in [1.807, 2.05) is 13.0 Å². The van der Waals surface area contributed by atoms with Gasteiger partial charge in [-0.2, -0.15) is 0 Å². The summed E-state index contributed by atoms with van der Waals surface area (Å²) >= 11 is 3.55. The number of aryl methyl sites for hydroxylation is 1. The number of para-hydroxylation sites is 1. The molecule has 2 N–H and O–H groups in total. The van der Waals surface area contributed by atoms with Gasteiger partial charge in [0.15, 0.2) is 0 Å². The van der Waals surface area contributed by atoms with Crippen LogP contribution in [0.25, 0.3) is 0 Å². The summed E-state index contributed by atoms with van der Waals surface area (Å²) in [4.78, 5) is 8.53. The summed E-state index contributed by atoms with van der Waals surface area (Å²) in [7, 11) is 0. The Labute approximate surface area is 128 Å². The number of anilines is 3. The lowest BCUT2D eigenvalue weighted by atomic mass is 10.1. The molecular formula is C15H19BrN4. The van der Waals surface area contributed by atoms with Crippen LogP contribution in [-0.2, 0) is 6.42 Å². The molecule has 0 bridgehead atoms. The van der Waals surface area contributed by atoms with Crippen molar-refractivity contribution in [3.05, 3.63) is 40.6 Å². The van der Waals surface area contributed by atoms with Gasteiger partial charge in [-0.15, -0.1) is 0 Å². The number of nitrogens with one attached hydrogen (secondary N) is 2. The molecular weight excluding hydrogens is 316 g/mol. The quantitative estimate of drug-likeness (QED) is 0.823. The van der Waals surface area contributed by atoms with E-state index in [1.54, 1.807) is 6.33 Å². The van der Waals surface area contributed by atoms with Gasteiger partial charge in [-0.1, -0.05) is 31.5 Å². The van der Waals surface area contributed by atoms with E-state index in [1.165, 1.54) is 5.56 Å². The van der Waals surface area contributed by atoms with Crippen molar-refractivity contribution in [1.29, 1.82) is 0 Å². The number of benzene rings is 1. The molecule has 0 unspecified atom stereocenters.